The lowest BCUT2D eigenvalue weighted by Gasteiger charge is -2.33. The van der Waals surface area contributed by atoms with Crippen LogP contribution in [0.5, 0.6) is 0 Å². The Kier molecular flexibility index (Phi) is 3.76. The maximum atomic E-state index is 3.52. The Bertz CT molecular complexity index is 574. The third-order valence-electron chi connectivity index (χ3n) is 4.05. The minimum atomic E-state index is 0.688. The van der Waals surface area contributed by atoms with Gasteiger partial charge in [0, 0.05) is 29.3 Å². The van der Waals surface area contributed by atoms with E-state index in [1.807, 2.05) is 0 Å². The molecule has 0 unspecified atom stereocenters. The number of fused-ring (bicyclic) bond motifs is 1. The van der Waals surface area contributed by atoms with Crippen LogP contribution >= 0.6 is 15.9 Å². The van der Waals surface area contributed by atoms with Crippen LogP contribution in [0.1, 0.15) is 12.8 Å². The van der Waals surface area contributed by atoms with Gasteiger partial charge in [0.2, 0.25) is 0 Å². The summed E-state index contributed by atoms with van der Waals surface area (Å²) >= 11 is 3.52. The van der Waals surface area contributed by atoms with Crippen LogP contribution in [0.2, 0.25) is 0 Å². The molecule has 1 aliphatic rings. The molecule has 2 aromatic rings. The molecule has 1 aliphatic heterocycles. The van der Waals surface area contributed by atoms with E-state index in [-0.39, 0.29) is 0 Å². The van der Waals surface area contributed by atoms with E-state index in [2.05, 4.69) is 69.6 Å². The van der Waals surface area contributed by atoms with Crippen LogP contribution in [0.3, 0.4) is 0 Å². The summed E-state index contributed by atoms with van der Waals surface area (Å²) in [5.74, 6) is 0. The van der Waals surface area contributed by atoms with Gasteiger partial charge in [-0.3, -0.25) is 0 Å². The molecule has 1 N–H and O–H groups in total. The molecule has 3 heteroatoms. The summed E-state index contributed by atoms with van der Waals surface area (Å²) in [6, 6.07) is 13.9. The van der Waals surface area contributed by atoms with Crippen LogP contribution in [-0.2, 0) is 0 Å². The standard InChI is InChI=1S/C16H19BrN2/c1-18-15-6-8-19(9-7-15)16-5-3-12-10-14(17)4-2-13(12)11-16/h2-5,10-11,15,18H,6-9H2,1H3. The van der Waals surface area contributed by atoms with Crippen molar-refractivity contribution in [2.45, 2.75) is 18.9 Å². The molecule has 0 aromatic heterocycles. The molecular weight excluding hydrogens is 300 g/mol. The van der Waals surface area contributed by atoms with Crippen LogP contribution in [-0.4, -0.2) is 26.2 Å². The molecule has 100 valence electrons. The molecule has 0 bridgehead atoms. The lowest BCUT2D eigenvalue weighted by atomic mass is 10.0. The molecular formula is C16H19BrN2. The van der Waals surface area contributed by atoms with Crippen molar-refractivity contribution in [2.75, 3.05) is 25.0 Å². The van der Waals surface area contributed by atoms with Gasteiger partial charge in [0.25, 0.3) is 0 Å². The van der Waals surface area contributed by atoms with E-state index >= 15 is 0 Å². The van der Waals surface area contributed by atoms with Crippen LogP contribution in [0.4, 0.5) is 5.69 Å². The van der Waals surface area contributed by atoms with Gasteiger partial charge in [0.05, 0.1) is 0 Å². The van der Waals surface area contributed by atoms with Gasteiger partial charge in [0.1, 0.15) is 0 Å². The third-order valence-corrected chi connectivity index (χ3v) is 4.55. The topological polar surface area (TPSA) is 15.3 Å². The summed E-state index contributed by atoms with van der Waals surface area (Å²) in [4.78, 5) is 2.50. The Hall–Kier alpha value is -1.06. The zero-order valence-corrected chi connectivity index (χ0v) is 12.8. The lowest BCUT2D eigenvalue weighted by Crippen LogP contribution is -2.41. The fourth-order valence-corrected chi connectivity index (χ4v) is 3.21. The quantitative estimate of drug-likeness (QED) is 0.906. The molecule has 1 fully saturated rings. The third kappa shape index (κ3) is 2.77. The van der Waals surface area contributed by atoms with E-state index in [1.54, 1.807) is 0 Å². The Labute approximate surface area is 122 Å². The maximum absolute atomic E-state index is 3.52. The number of anilines is 1. The average molecular weight is 319 g/mol. The number of piperidine rings is 1. The highest BCUT2D eigenvalue weighted by molar-refractivity contribution is 9.10. The summed E-state index contributed by atoms with van der Waals surface area (Å²) in [6.07, 6.45) is 2.46. The van der Waals surface area contributed by atoms with Gasteiger partial charge in [-0.05, 0) is 54.9 Å². The van der Waals surface area contributed by atoms with Crippen molar-refractivity contribution in [3.05, 3.63) is 40.9 Å². The van der Waals surface area contributed by atoms with Crippen molar-refractivity contribution < 1.29 is 0 Å². The zero-order chi connectivity index (χ0) is 13.2. The Morgan fingerprint density at radius 1 is 1.05 bits per heavy atom. The second-order valence-corrected chi connectivity index (χ2v) is 6.14. The fraction of sp³-hybridized carbons (Fsp3) is 0.375. The monoisotopic (exact) mass is 318 g/mol. The van der Waals surface area contributed by atoms with Crippen LogP contribution in [0, 0.1) is 0 Å². The normalized spacial score (nSPS) is 17.1. The highest BCUT2D eigenvalue weighted by atomic mass is 79.9. The van der Waals surface area contributed by atoms with Gasteiger partial charge in [-0.2, -0.15) is 0 Å². The summed E-state index contributed by atoms with van der Waals surface area (Å²) in [5, 5.41) is 5.99. The zero-order valence-electron chi connectivity index (χ0n) is 11.2. The number of hydrogen-bond acceptors (Lipinski definition) is 2. The molecule has 0 atom stereocenters. The van der Waals surface area contributed by atoms with Gasteiger partial charge in [-0.25, -0.2) is 0 Å². The highest BCUT2D eigenvalue weighted by Crippen LogP contribution is 2.26. The molecule has 1 heterocycles. The molecule has 0 aliphatic carbocycles. The molecule has 19 heavy (non-hydrogen) atoms. The predicted molar refractivity (Wildman–Crippen MR) is 85.9 cm³/mol. The SMILES string of the molecule is CNC1CCN(c2ccc3cc(Br)ccc3c2)CC1. The molecule has 0 amide bonds. The number of halogens is 1. The molecule has 1 saturated heterocycles. The Balaban J connectivity index is 1.84. The first-order valence-electron chi connectivity index (χ1n) is 6.88. The predicted octanol–water partition coefficient (Wildman–Crippen LogP) is 3.79. The van der Waals surface area contributed by atoms with Gasteiger partial charge < -0.3 is 10.2 Å². The first kappa shape index (κ1) is 12.9. The fourth-order valence-electron chi connectivity index (χ4n) is 2.83. The summed E-state index contributed by atoms with van der Waals surface area (Å²) < 4.78 is 1.14. The van der Waals surface area contributed by atoms with Gasteiger partial charge >= 0.3 is 0 Å². The molecule has 0 radical (unpaired) electrons. The summed E-state index contributed by atoms with van der Waals surface area (Å²) in [6.45, 7) is 2.29. The van der Waals surface area contributed by atoms with E-state index in [1.165, 1.54) is 29.3 Å². The van der Waals surface area contributed by atoms with Crippen molar-refractivity contribution in [1.82, 2.24) is 5.32 Å². The van der Waals surface area contributed by atoms with E-state index in [4.69, 9.17) is 0 Å². The first-order chi connectivity index (χ1) is 9.26. The van der Waals surface area contributed by atoms with Crippen molar-refractivity contribution in [3.8, 4) is 0 Å². The smallest absolute Gasteiger partial charge is 0.0372 e. The number of benzene rings is 2. The second-order valence-electron chi connectivity index (χ2n) is 5.23. The first-order valence-corrected chi connectivity index (χ1v) is 7.67. The molecule has 0 spiro atoms. The lowest BCUT2D eigenvalue weighted by molar-refractivity contribution is 0.442. The van der Waals surface area contributed by atoms with Gasteiger partial charge in [-0.1, -0.05) is 28.1 Å². The number of rotatable bonds is 2. The van der Waals surface area contributed by atoms with Crippen molar-refractivity contribution in [2.24, 2.45) is 0 Å². The molecule has 2 aromatic carbocycles. The van der Waals surface area contributed by atoms with Crippen molar-refractivity contribution in [1.29, 1.82) is 0 Å². The molecule has 3 rings (SSSR count). The second kappa shape index (κ2) is 5.51. The van der Waals surface area contributed by atoms with Crippen molar-refractivity contribution in [3.63, 3.8) is 0 Å². The molecule has 0 saturated carbocycles. The number of hydrogen-bond donors (Lipinski definition) is 1. The van der Waals surface area contributed by atoms with Crippen LogP contribution < -0.4 is 10.2 Å². The van der Waals surface area contributed by atoms with E-state index in [0.29, 0.717) is 6.04 Å². The largest absolute Gasteiger partial charge is 0.371 e. The van der Waals surface area contributed by atoms with Gasteiger partial charge in [0.15, 0.2) is 0 Å². The minimum Gasteiger partial charge on any atom is -0.371 e. The number of nitrogens with zero attached hydrogens (tertiary/aromatic N) is 1. The van der Waals surface area contributed by atoms with Crippen molar-refractivity contribution >= 4 is 32.4 Å². The van der Waals surface area contributed by atoms with Crippen LogP contribution in [0.25, 0.3) is 10.8 Å². The van der Waals surface area contributed by atoms with Gasteiger partial charge in [-0.15, -0.1) is 0 Å². The summed E-state index contributed by atoms with van der Waals surface area (Å²) in [7, 11) is 2.06. The average Bonchev–Trinajstić information content (AvgIpc) is 2.47. The minimum absolute atomic E-state index is 0.688. The summed E-state index contributed by atoms with van der Waals surface area (Å²) in [5.41, 5.74) is 1.35. The van der Waals surface area contributed by atoms with E-state index in [0.717, 1.165) is 17.6 Å². The maximum Gasteiger partial charge on any atom is 0.0372 e. The highest BCUT2D eigenvalue weighted by Gasteiger charge is 2.17. The van der Waals surface area contributed by atoms with Crippen LogP contribution in [0.15, 0.2) is 40.9 Å². The number of nitrogens with one attached hydrogen (secondary N) is 1. The Morgan fingerprint density at radius 2 is 1.74 bits per heavy atom. The van der Waals surface area contributed by atoms with E-state index < -0.39 is 0 Å². The Morgan fingerprint density at radius 3 is 2.47 bits per heavy atom. The molecule has 2 nitrogen and oxygen atoms in total. The van der Waals surface area contributed by atoms with E-state index in [9.17, 15) is 0 Å².